The summed E-state index contributed by atoms with van der Waals surface area (Å²) in [6.07, 6.45) is 1.92. The largest absolute Gasteiger partial charge is 0.481 e. The van der Waals surface area contributed by atoms with Crippen LogP contribution in [0, 0.1) is 6.92 Å². The van der Waals surface area contributed by atoms with Gasteiger partial charge in [-0.15, -0.1) is 22.7 Å². The van der Waals surface area contributed by atoms with Crippen molar-refractivity contribution >= 4 is 50.5 Å². The monoisotopic (exact) mass is 315 g/mol. The fraction of sp³-hybridized carbons (Fsp3) is 0.125. The van der Waals surface area contributed by atoms with Crippen LogP contribution in [-0.4, -0.2) is 16.1 Å². The molecule has 0 saturated carbocycles. The number of nitrogens with zero attached hydrogens (tertiary/aromatic N) is 1. The molecule has 0 atom stereocenters. The molecule has 0 bridgehead atoms. The molecule has 0 aliphatic rings. The fourth-order valence-electron chi connectivity index (χ4n) is 2.06. The molecule has 21 heavy (non-hydrogen) atoms. The molecule has 2 heterocycles. The number of aliphatic carboxylic acids is 1. The molecule has 0 spiro atoms. The van der Waals surface area contributed by atoms with Gasteiger partial charge in [-0.1, -0.05) is 12.1 Å². The number of hydrogen-bond donors (Lipinski definition) is 1. The zero-order valence-electron chi connectivity index (χ0n) is 11.4. The van der Waals surface area contributed by atoms with Crippen LogP contribution in [0.15, 0.2) is 36.4 Å². The first-order valence-electron chi connectivity index (χ1n) is 6.46. The van der Waals surface area contributed by atoms with Gasteiger partial charge in [0.1, 0.15) is 5.01 Å². The number of aryl methyl sites for hydroxylation is 1. The van der Waals surface area contributed by atoms with Crippen LogP contribution < -0.4 is 0 Å². The van der Waals surface area contributed by atoms with Crippen molar-refractivity contribution in [2.75, 3.05) is 0 Å². The molecule has 1 aromatic carbocycles. The lowest BCUT2D eigenvalue weighted by Crippen LogP contribution is -1.96. The van der Waals surface area contributed by atoms with E-state index in [-0.39, 0.29) is 6.42 Å². The first-order chi connectivity index (χ1) is 10.1. The van der Waals surface area contributed by atoms with Crippen molar-refractivity contribution in [2.24, 2.45) is 0 Å². The maximum atomic E-state index is 11.1. The molecule has 1 N–H and O–H groups in total. The van der Waals surface area contributed by atoms with E-state index in [1.807, 2.05) is 49.4 Å². The van der Waals surface area contributed by atoms with E-state index in [1.165, 1.54) is 16.2 Å². The van der Waals surface area contributed by atoms with E-state index in [0.29, 0.717) is 0 Å². The zero-order valence-corrected chi connectivity index (χ0v) is 13.0. The summed E-state index contributed by atoms with van der Waals surface area (Å²) in [5, 5.41) is 9.92. The van der Waals surface area contributed by atoms with Crippen LogP contribution in [0.2, 0.25) is 0 Å². The van der Waals surface area contributed by atoms with E-state index in [4.69, 9.17) is 5.11 Å². The number of carboxylic acids is 1. The van der Waals surface area contributed by atoms with Crippen LogP contribution in [0.1, 0.15) is 21.2 Å². The van der Waals surface area contributed by atoms with Gasteiger partial charge in [0, 0.05) is 15.3 Å². The minimum atomic E-state index is -0.839. The van der Waals surface area contributed by atoms with Crippen LogP contribution in [0.4, 0.5) is 0 Å². The number of aromatic nitrogens is 1. The van der Waals surface area contributed by atoms with Gasteiger partial charge in [-0.05, 0) is 37.3 Å². The average molecular weight is 315 g/mol. The summed E-state index contributed by atoms with van der Waals surface area (Å²) in [7, 11) is 0. The highest BCUT2D eigenvalue weighted by Gasteiger charge is 2.12. The van der Waals surface area contributed by atoms with Crippen LogP contribution in [0.25, 0.3) is 21.9 Å². The molecule has 3 aromatic rings. The van der Waals surface area contributed by atoms with E-state index >= 15 is 0 Å². The van der Waals surface area contributed by atoms with Gasteiger partial charge in [-0.2, -0.15) is 0 Å². The highest BCUT2D eigenvalue weighted by molar-refractivity contribution is 7.19. The SMILES string of the molecule is Cc1ccc(/C=C(\CC(=O)O)c2nc3ccccc3s2)s1. The number of carbonyl (C=O) groups is 1. The lowest BCUT2D eigenvalue weighted by atomic mass is 10.1. The summed E-state index contributed by atoms with van der Waals surface area (Å²) < 4.78 is 1.08. The van der Waals surface area contributed by atoms with Crippen LogP contribution in [-0.2, 0) is 4.79 Å². The summed E-state index contributed by atoms with van der Waals surface area (Å²) in [6, 6.07) is 11.9. The lowest BCUT2D eigenvalue weighted by Gasteiger charge is -1.99. The third-order valence-corrected chi connectivity index (χ3v) is 5.05. The molecule has 106 valence electrons. The van der Waals surface area contributed by atoms with Gasteiger partial charge in [0.15, 0.2) is 0 Å². The molecule has 3 rings (SSSR count). The Morgan fingerprint density at radius 3 is 2.71 bits per heavy atom. The number of carboxylic acid groups (broad SMARTS) is 1. The molecule has 0 fully saturated rings. The summed E-state index contributed by atoms with van der Waals surface area (Å²) in [4.78, 5) is 18.0. The maximum Gasteiger partial charge on any atom is 0.307 e. The van der Waals surface area contributed by atoms with E-state index in [1.54, 1.807) is 11.3 Å². The van der Waals surface area contributed by atoms with Gasteiger partial charge in [0.25, 0.3) is 0 Å². The smallest absolute Gasteiger partial charge is 0.307 e. The number of thiazole rings is 1. The Hall–Kier alpha value is -1.98. The van der Waals surface area contributed by atoms with E-state index in [9.17, 15) is 4.79 Å². The summed E-state index contributed by atoms with van der Waals surface area (Å²) in [5.74, 6) is -0.839. The lowest BCUT2D eigenvalue weighted by molar-refractivity contribution is -0.135. The van der Waals surface area contributed by atoms with E-state index < -0.39 is 5.97 Å². The Bertz CT molecular complexity index is 797. The second-order valence-electron chi connectivity index (χ2n) is 4.68. The second-order valence-corrected chi connectivity index (χ2v) is 7.03. The van der Waals surface area contributed by atoms with Gasteiger partial charge < -0.3 is 5.11 Å². The van der Waals surface area contributed by atoms with Crippen molar-refractivity contribution in [3.63, 3.8) is 0 Å². The molecular weight excluding hydrogens is 302 g/mol. The molecule has 0 radical (unpaired) electrons. The van der Waals surface area contributed by atoms with Crippen molar-refractivity contribution < 1.29 is 9.90 Å². The number of fused-ring (bicyclic) bond motifs is 1. The first kappa shape index (κ1) is 14.0. The summed E-state index contributed by atoms with van der Waals surface area (Å²) in [6.45, 7) is 2.04. The normalized spacial score (nSPS) is 12.0. The topological polar surface area (TPSA) is 50.2 Å². The second kappa shape index (κ2) is 5.79. The molecule has 0 aliphatic carbocycles. The van der Waals surface area contributed by atoms with Gasteiger partial charge in [-0.3, -0.25) is 4.79 Å². The fourth-order valence-corrected chi connectivity index (χ4v) is 3.89. The van der Waals surface area contributed by atoms with Crippen molar-refractivity contribution in [2.45, 2.75) is 13.3 Å². The molecule has 0 aliphatic heterocycles. The molecule has 3 nitrogen and oxygen atoms in total. The third kappa shape index (κ3) is 3.20. The Morgan fingerprint density at radius 1 is 1.24 bits per heavy atom. The minimum Gasteiger partial charge on any atom is -0.481 e. The molecule has 0 saturated heterocycles. The Labute approximate surface area is 130 Å². The third-order valence-electron chi connectivity index (χ3n) is 2.99. The number of para-hydroxylation sites is 1. The standard InChI is InChI=1S/C16H13NO2S2/c1-10-6-7-12(20-10)8-11(9-15(18)19)16-17-13-4-2-3-5-14(13)21-16/h2-8H,9H2,1H3,(H,18,19)/b11-8+. The van der Waals surface area contributed by atoms with Crippen molar-refractivity contribution in [3.8, 4) is 0 Å². The van der Waals surface area contributed by atoms with Crippen LogP contribution >= 0.6 is 22.7 Å². The van der Waals surface area contributed by atoms with Gasteiger partial charge in [-0.25, -0.2) is 4.98 Å². The maximum absolute atomic E-state index is 11.1. The molecule has 5 heteroatoms. The summed E-state index contributed by atoms with van der Waals surface area (Å²) >= 11 is 3.19. The Balaban J connectivity index is 2.06. The molecule has 0 amide bonds. The summed E-state index contributed by atoms with van der Waals surface area (Å²) in [5.41, 5.74) is 1.67. The molecule has 2 aromatic heterocycles. The Morgan fingerprint density at radius 2 is 2.05 bits per heavy atom. The van der Waals surface area contributed by atoms with Gasteiger partial charge >= 0.3 is 5.97 Å². The zero-order chi connectivity index (χ0) is 14.8. The van der Waals surface area contributed by atoms with Crippen LogP contribution in [0.5, 0.6) is 0 Å². The number of rotatable bonds is 4. The highest BCUT2D eigenvalue weighted by atomic mass is 32.1. The predicted octanol–water partition coefficient (Wildman–Crippen LogP) is 4.68. The van der Waals surface area contributed by atoms with Crippen molar-refractivity contribution in [1.29, 1.82) is 0 Å². The van der Waals surface area contributed by atoms with E-state index in [0.717, 1.165) is 25.7 Å². The molecular formula is C16H13NO2S2. The number of hydrogen-bond acceptors (Lipinski definition) is 4. The van der Waals surface area contributed by atoms with Gasteiger partial charge in [0.2, 0.25) is 0 Å². The number of thiophene rings is 1. The Kier molecular flexibility index (Phi) is 3.86. The molecule has 0 unspecified atom stereocenters. The minimum absolute atomic E-state index is 0.0171. The predicted molar refractivity (Wildman–Crippen MR) is 88.8 cm³/mol. The van der Waals surface area contributed by atoms with Crippen molar-refractivity contribution in [3.05, 3.63) is 51.2 Å². The number of benzene rings is 1. The van der Waals surface area contributed by atoms with Gasteiger partial charge in [0.05, 0.1) is 16.6 Å². The highest BCUT2D eigenvalue weighted by Crippen LogP contribution is 2.31. The van der Waals surface area contributed by atoms with Crippen molar-refractivity contribution in [1.82, 2.24) is 4.98 Å². The van der Waals surface area contributed by atoms with E-state index in [2.05, 4.69) is 4.98 Å². The quantitative estimate of drug-likeness (QED) is 0.760. The first-order valence-corrected chi connectivity index (χ1v) is 8.10. The average Bonchev–Trinajstić information content (AvgIpc) is 3.03. The van der Waals surface area contributed by atoms with Crippen LogP contribution in [0.3, 0.4) is 0 Å².